The van der Waals surface area contributed by atoms with Crippen molar-refractivity contribution in [3.8, 4) is 5.75 Å². The van der Waals surface area contributed by atoms with E-state index in [1.54, 1.807) is 0 Å². The molecule has 1 aromatic carbocycles. The Hall–Kier alpha value is -0.890. The van der Waals surface area contributed by atoms with Crippen molar-refractivity contribution in [2.75, 3.05) is 11.9 Å². The van der Waals surface area contributed by atoms with Crippen molar-refractivity contribution in [2.24, 2.45) is 5.92 Å². The Balaban J connectivity index is 2.06. The predicted molar refractivity (Wildman–Crippen MR) is 82.3 cm³/mol. The second-order valence-corrected chi connectivity index (χ2v) is 6.04. The van der Waals surface area contributed by atoms with Crippen LogP contribution in [0.25, 0.3) is 0 Å². The van der Waals surface area contributed by atoms with Gasteiger partial charge in [0.25, 0.3) is 0 Å². The number of ether oxygens (including phenoxy) is 1. The second-order valence-electron chi connectivity index (χ2n) is 5.60. The van der Waals surface area contributed by atoms with E-state index in [-0.39, 0.29) is 0 Å². The summed E-state index contributed by atoms with van der Waals surface area (Å²) in [7, 11) is 0. The van der Waals surface area contributed by atoms with Gasteiger partial charge in [0.15, 0.2) is 0 Å². The lowest BCUT2D eigenvalue weighted by atomic mass is 9.87. The van der Waals surface area contributed by atoms with Crippen LogP contribution in [-0.2, 0) is 0 Å². The summed E-state index contributed by atoms with van der Waals surface area (Å²) in [6.45, 7) is 5.20. The Morgan fingerprint density at radius 3 is 2.95 bits per heavy atom. The highest BCUT2D eigenvalue weighted by atomic mass is 35.5. The number of hydrogen-bond donors (Lipinski definition) is 1. The second kappa shape index (κ2) is 7.04. The van der Waals surface area contributed by atoms with Crippen LogP contribution in [0.15, 0.2) is 18.2 Å². The fourth-order valence-corrected chi connectivity index (χ4v) is 2.91. The Morgan fingerprint density at radius 2 is 2.21 bits per heavy atom. The van der Waals surface area contributed by atoms with Crippen molar-refractivity contribution in [2.45, 2.75) is 52.0 Å². The zero-order valence-electron chi connectivity index (χ0n) is 11.9. The van der Waals surface area contributed by atoms with Gasteiger partial charge in [0.1, 0.15) is 5.75 Å². The van der Waals surface area contributed by atoms with Crippen LogP contribution in [0.1, 0.15) is 46.0 Å². The predicted octanol–water partition coefficient (Wildman–Crippen LogP) is 5.12. The molecular weight excluding hydrogens is 258 g/mol. The molecule has 106 valence electrons. The summed E-state index contributed by atoms with van der Waals surface area (Å²) >= 11 is 6.10. The van der Waals surface area contributed by atoms with Gasteiger partial charge < -0.3 is 10.1 Å². The van der Waals surface area contributed by atoms with Gasteiger partial charge in [0, 0.05) is 11.1 Å². The first-order valence-corrected chi connectivity index (χ1v) is 7.75. The van der Waals surface area contributed by atoms with E-state index in [2.05, 4.69) is 19.2 Å². The molecular formula is C16H24ClNO. The molecule has 0 heterocycles. The molecule has 0 spiro atoms. The molecule has 0 radical (unpaired) electrons. The number of halogens is 1. The molecule has 0 bridgehead atoms. The summed E-state index contributed by atoms with van der Waals surface area (Å²) < 4.78 is 5.79. The summed E-state index contributed by atoms with van der Waals surface area (Å²) in [4.78, 5) is 0. The van der Waals surface area contributed by atoms with Crippen molar-refractivity contribution in [3.05, 3.63) is 23.2 Å². The van der Waals surface area contributed by atoms with Gasteiger partial charge in [-0.1, -0.05) is 38.3 Å². The molecule has 19 heavy (non-hydrogen) atoms. The minimum Gasteiger partial charge on any atom is -0.491 e. The Kier molecular flexibility index (Phi) is 5.38. The molecule has 0 saturated heterocycles. The molecule has 3 heteroatoms. The molecule has 2 atom stereocenters. The molecule has 1 saturated carbocycles. The van der Waals surface area contributed by atoms with Crippen molar-refractivity contribution in [3.63, 3.8) is 0 Å². The third-order valence-corrected chi connectivity index (χ3v) is 3.93. The standard InChI is InChI=1S/C16H24ClNO/c1-3-9-19-16-8-7-13(17)11-15(16)18-14-6-4-5-12(2)10-14/h7-8,11-12,14,18H,3-6,9-10H2,1-2H3. The maximum Gasteiger partial charge on any atom is 0.142 e. The molecule has 2 unspecified atom stereocenters. The van der Waals surface area contributed by atoms with Gasteiger partial charge in [-0.05, 0) is 43.4 Å². The smallest absolute Gasteiger partial charge is 0.142 e. The highest BCUT2D eigenvalue weighted by Gasteiger charge is 2.19. The zero-order chi connectivity index (χ0) is 13.7. The van der Waals surface area contributed by atoms with E-state index in [4.69, 9.17) is 16.3 Å². The quantitative estimate of drug-likeness (QED) is 0.809. The maximum absolute atomic E-state index is 6.10. The topological polar surface area (TPSA) is 21.3 Å². The SMILES string of the molecule is CCCOc1ccc(Cl)cc1NC1CCCC(C)C1. The van der Waals surface area contributed by atoms with Crippen LogP contribution in [0, 0.1) is 5.92 Å². The third-order valence-electron chi connectivity index (χ3n) is 3.70. The Bertz CT molecular complexity index is 408. The van der Waals surface area contributed by atoms with Crippen molar-refractivity contribution >= 4 is 17.3 Å². The number of rotatable bonds is 5. The average molecular weight is 282 g/mol. The highest BCUT2D eigenvalue weighted by molar-refractivity contribution is 6.30. The fourth-order valence-electron chi connectivity index (χ4n) is 2.74. The Morgan fingerprint density at radius 1 is 1.37 bits per heavy atom. The third kappa shape index (κ3) is 4.31. The van der Waals surface area contributed by atoms with Gasteiger partial charge in [0.2, 0.25) is 0 Å². The monoisotopic (exact) mass is 281 g/mol. The first kappa shape index (κ1) is 14.5. The molecule has 1 aliphatic carbocycles. The van der Waals surface area contributed by atoms with Gasteiger partial charge in [-0.15, -0.1) is 0 Å². The lowest BCUT2D eigenvalue weighted by Crippen LogP contribution is -2.26. The van der Waals surface area contributed by atoms with E-state index in [1.807, 2.05) is 18.2 Å². The van der Waals surface area contributed by atoms with Gasteiger partial charge >= 0.3 is 0 Å². The largest absolute Gasteiger partial charge is 0.491 e. The molecule has 0 aliphatic heterocycles. The van der Waals surface area contributed by atoms with Crippen LogP contribution in [0.4, 0.5) is 5.69 Å². The number of benzene rings is 1. The molecule has 0 aromatic heterocycles. The van der Waals surface area contributed by atoms with Gasteiger partial charge in [0.05, 0.1) is 12.3 Å². The molecule has 1 N–H and O–H groups in total. The molecule has 1 aliphatic rings. The number of anilines is 1. The summed E-state index contributed by atoms with van der Waals surface area (Å²) in [5.74, 6) is 1.73. The molecule has 1 aromatic rings. The van der Waals surface area contributed by atoms with Crippen LogP contribution in [-0.4, -0.2) is 12.6 Å². The minimum absolute atomic E-state index is 0.547. The lowest BCUT2D eigenvalue weighted by Gasteiger charge is -2.29. The van der Waals surface area contributed by atoms with Crippen LogP contribution in [0.2, 0.25) is 5.02 Å². The molecule has 0 amide bonds. The van der Waals surface area contributed by atoms with E-state index in [0.717, 1.165) is 35.4 Å². The van der Waals surface area contributed by atoms with Crippen LogP contribution in [0.5, 0.6) is 5.75 Å². The summed E-state index contributed by atoms with van der Waals surface area (Å²) in [5.41, 5.74) is 1.04. The van der Waals surface area contributed by atoms with Crippen LogP contribution in [0.3, 0.4) is 0 Å². The summed E-state index contributed by atoms with van der Waals surface area (Å²) in [5, 5.41) is 4.38. The first-order valence-electron chi connectivity index (χ1n) is 7.38. The highest BCUT2D eigenvalue weighted by Crippen LogP contribution is 2.32. The summed E-state index contributed by atoms with van der Waals surface area (Å²) in [6, 6.07) is 6.38. The molecule has 2 rings (SSSR count). The van der Waals surface area contributed by atoms with E-state index >= 15 is 0 Å². The lowest BCUT2D eigenvalue weighted by molar-refractivity contribution is 0.316. The van der Waals surface area contributed by atoms with Crippen molar-refractivity contribution in [1.29, 1.82) is 0 Å². The van der Waals surface area contributed by atoms with Gasteiger partial charge in [-0.2, -0.15) is 0 Å². The number of hydrogen-bond acceptors (Lipinski definition) is 2. The normalized spacial score (nSPS) is 23.1. The van der Waals surface area contributed by atoms with Crippen molar-refractivity contribution < 1.29 is 4.74 Å². The van der Waals surface area contributed by atoms with Crippen LogP contribution >= 0.6 is 11.6 Å². The van der Waals surface area contributed by atoms with E-state index in [0.29, 0.717) is 6.04 Å². The van der Waals surface area contributed by atoms with E-state index in [1.165, 1.54) is 25.7 Å². The van der Waals surface area contributed by atoms with Gasteiger partial charge in [-0.25, -0.2) is 0 Å². The maximum atomic E-state index is 6.10. The average Bonchev–Trinajstić information content (AvgIpc) is 2.38. The molecule has 1 fully saturated rings. The zero-order valence-corrected chi connectivity index (χ0v) is 12.7. The van der Waals surface area contributed by atoms with Crippen LogP contribution < -0.4 is 10.1 Å². The Labute approximate surface area is 121 Å². The fraction of sp³-hybridized carbons (Fsp3) is 0.625. The first-order chi connectivity index (χ1) is 9.19. The number of nitrogens with one attached hydrogen (secondary N) is 1. The molecule has 2 nitrogen and oxygen atoms in total. The van der Waals surface area contributed by atoms with E-state index in [9.17, 15) is 0 Å². The van der Waals surface area contributed by atoms with Gasteiger partial charge in [-0.3, -0.25) is 0 Å². The minimum atomic E-state index is 0.547. The summed E-state index contributed by atoms with van der Waals surface area (Å²) in [6.07, 6.45) is 6.16. The van der Waals surface area contributed by atoms with Crippen molar-refractivity contribution in [1.82, 2.24) is 0 Å². The van der Waals surface area contributed by atoms with E-state index < -0.39 is 0 Å².